The molecule has 41 heavy (non-hydrogen) atoms. The number of carbonyl (C=O) groups is 3. The van der Waals surface area contributed by atoms with Crippen LogP contribution in [-0.4, -0.2) is 56.5 Å². The maximum absolute atomic E-state index is 13.8. The maximum Gasteiger partial charge on any atom is 0.254 e. The Hall–Kier alpha value is -3.76. The van der Waals surface area contributed by atoms with Gasteiger partial charge in [0.25, 0.3) is 11.8 Å². The first-order valence-corrected chi connectivity index (χ1v) is 14.2. The zero-order valence-corrected chi connectivity index (χ0v) is 23.9. The van der Waals surface area contributed by atoms with Crippen molar-refractivity contribution < 1.29 is 28.3 Å². The highest BCUT2D eigenvalue weighted by atomic mass is 32.2. The minimum absolute atomic E-state index is 0.0613. The summed E-state index contributed by atoms with van der Waals surface area (Å²) in [5.74, 6) is -3.63. The van der Waals surface area contributed by atoms with Gasteiger partial charge in [-0.15, -0.1) is 11.8 Å². The first-order valence-electron chi connectivity index (χ1n) is 13.2. The largest absolute Gasteiger partial charge is 0.381 e. The predicted octanol–water partition coefficient (Wildman–Crippen LogP) is 3.97. The highest BCUT2D eigenvalue weighted by Crippen LogP contribution is 2.40. The zero-order valence-electron chi connectivity index (χ0n) is 23.1. The normalized spacial score (nSPS) is 17.5. The molecule has 1 fully saturated rings. The molecule has 3 aromatic rings. The number of hydrogen-bond acceptors (Lipinski definition) is 5. The lowest BCUT2D eigenvalue weighted by molar-refractivity contribution is -0.147. The first-order chi connectivity index (χ1) is 19.5. The number of halogens is 2. The second kappa shape index (κ2) is 12.8. The lowest BCUT2D eigenvalue weighted by Gasteiger charge is -2.33. The van der Waals surface area contributed by atoms with Gasteiger partial charge in [0.1, 0.15) is 17.7 Å². The fraction of sp³-hybridized carbons (Fsp3) is 0.323. The van der Waals surface area contributed by atoms with Crippen molar-refractivity contribution in [1.82, 2.24) is 15.5 Å². The molecule has 1 saturated heterocycles. The summed E-state index contributed by atoms with van der Waals surface area (Å²) in [4.78, 5) is 41.5. The molecule has 3 atom stereocenters. The van der Waals surface area contributed by atoms with Crippen LogP contribution in [-0.2, 0) is 22.6 Å². The summed E-state index contributed by atoms with van der Waals surface area (Å²) >= 11 is 1.41. The molecule has 10 heteroatoms. The molecule has 0 radical (unpaired) electrons. The molecule has 0 saturated carbocycles. The van der Waals surface area contributed by atoms with Gasteiger partial charge in [0.15, 0.2) is 6.10 Å². The van der Waals surface area contributed by atoms with Crippen LogP contribution in [0.4, 0.5) is 8.78 Å². The summed E-state index contributed by atoms with van der Waals surface area (Å²) in [6, 6.07) is 16.9. The van der Waals surface area contributed by atoms with Gasteiger partial charge in [0, 0.05) is 22.9 Å². The SMILES string of the molecule is Cc1ccccc1CNC(=O)[C@H]1N(C(=O)[C@@H](O)[C@H](Cc2ccccc2)NC(=O)c2cc(F)cc(F)c2)CSC1(C)C. The highest BCUT2D eigenvalue weighted by molar-refractivity contribution is 8.00. The van der Waals surface area contributed by atoms with Crippen molar-refractivity contribution in [3.63, 3.8) is 0 Å². The molecular weight excluding hydrogens is 548 g/mol. The second-order valence-corrected chi connectivity index (χ2v) is 12.2. The molecule has 216 valence electrons. The minimum Gasteiger partial charge on any atom is -0.381 e. The number of thioether (sulfide) groups is 1. The van der Waals surface area contributed by atoms with E-state index in [4.69, 9.17) is 0 Å². The summed E-state index contributed by atoms with van der Waals surface area (Å²) in [7, 11) is 0. The molecule has 1 heterocycles. The van der Waals surface area contributed by atoms with E-state index in [1.807, 2.05) is 45.0 Å². The molecule has 0 unspecified atom stereocenters. The number of rotatable bonds is 9. The van der Waals surface area contributed by atoms with E-state index in [0.29, 0.717) is 6.07 Å². The fourth-order valence-corrected chi connectivity index (χ4v) is 6.03. The van der Waals surface area contributed by atoms with Crippen LogP contribution in [0.5, 0.6) is 0 Å². The Morgan fingerprint density at radius 1 is 1.02 bits per heavy atom. The molecule has 3 amide bonds. The average Bonchev–Trinajstić information content (AvgIpc) is 3.26. The summed E-state index contributed by atoms with van der Waals surface area (Å²) in [5.41, 5.74) is 2.40. The third-order valence-electron chi connectivity index (χ3n) is 7.17. The third kappa shape index (κ3) is 7.31. The standard InChI is InChI=1S/C31H33F2N3O4S/c1-19-9-7-8-12-21(19)17-34-29(39)27-31(2,3)41-18-36(27)30(40)26(37)25(13-20-10-5-4-6-11-20)35-28(38)22-14-23(32)16-24(33)15-22/h4-12,14-16,25-27,37H,13,17-18H2,1-3H3,(H,34,39)(H,35,38)/t25-,26-,27+/m0/s1. The highest BCUT2D eigenvalue weighted by Gasteiger charge is 2.49. The number of aliphatic hydroxyl groups excluding tert-OH is 1. The summed E-state index contributed by atoms with van der Waals surface area (Å²) in [5, 5.41) is 16.8. The lowest BCUT2D eigenvalue weighted by atomic mass is 9.96. The molecule has 0 bridgehead atoms. The topological polar surface area (TPSA) is 98.7 Å². The van der Waals surface area contributed by atoms with E-state index in [2.05, 4.69) is 10.6 Å². The molecule has 0 aromatic heterocycles. The van der Waals surface area contributed by atoms with Gasteiger partial charge < -0.3 is 20.6 Å². The molecule has 0 spiro atoms. The minimum atomic E-state index is -1.74. The van der Waals surface area contributed by atoms with Gasteiger partial charge in [-0.1, -0.05) is 54.6 Å². The number of aliphatic hydroxyl groups is 1. The van der Waals surface area contributed by atoms with Gasteiger partial charge in [-0.05, 0) is 56.0 Å². The number of aryl methyl sites for hydroxylation is 1. The quantitative estimate of drug-likeness (QED) is 0.355. The summed E-state index contributed by atoms with van der Waals surface area (Å²) in [6.45, 7) is 5.95. The van der Waals surface area contributed by atoms with Gasteiger partial charge in [0.2, 0.25) is 5.91 Å². The van der Waals surface area contributed by atoms with Crippen LogP contribution in [0.15, 0.2) is 72.8 Å². The molecule has 0 aliphatic carbocycles. The second-order valence-electron chi connectivity index (χ2n) is 10.6. The molecular formula is C31H33F2N3O4S. The van der Waals surface area contributed by atoms with Gasteiger partial charge in [-0.2, -0.15) is 0 Å². The molecule has 3 N–H and O–H groups in total. The average molecular weight is 582 g/mol. The third-order valence-corrected chi connectivity index (χ3v) is 8.54. The van der Waals surface area contributed by atoms with E-state index < -0.39 is 46.4 Å². The van der Waals surface area contributed by atoms with Crippen LogP contribution in [0.1, 0.15) is 40.9 Å². The van der Waals surface area contributed by atoms with Crippen molar-refractivity contribution in [2.45, 2.75) is 56.7 Å². The number of carbonyl (C=O) groups excluding carboxylic acids is 3. The Labute approximate surface area is 242 Å². The van der Waals surface area contributed by atoms with E-state index in [1.165, 1.54) is 16.7 Å². The van der Waals surface area contributed by atoms with Crippen LogP contribution in [0.3, 0.4) is 0 Å². The Morgan fingerprint density at radius 2 is 1.66 bits per heavy atom. The number of nitrogens with zero attached hydrogens (tertiary/aromatic N) is 1. The van der Waals surface area contributed by atoms with Crippen LogP contribution in [0.2, 0.25) is 0 Å². The van der Waals surface area contributed by atoms with E-state index in [1.54, 1.807) is 30.3 Å². The van der Waals surface area contributed by atoms with E-state index in [-0.39, 0.29) is 30.3 Å². The smallest absolute Gasteiger partial charge is 0.254 e. The lowest BCUT2D eigenvalue weighted by Crippen LogP contribution is -2.58. The van der Waals surface area contributed by atoms with Crippen molar-refractivity contribution in [2.24, 2.45) is 0 Å². The fourth-order valence-electron chi connectivity index (χ4n) is 4.89. The number of nitrogens with one attached hydrogen (secondary N) is 2. The molecule has 4 rings (SSSR count). The molecule has 1 aliphatic rings. The van der Waals surface area contributed by atoms with Crippen LogP contribution < -0.4 is 10.6 Å². The zero-order chi connectivity index (χ0) is 29.7. The van der Waals surface area contributed by atoms with Crippen molar-refractivity contribution in [1.29, 1.82) is 0 Å². The van der Waals surface area contributed by atoms with E-state index in [0.717, 1.165) is 28.8 Å². The van der Waals surface area contributed by atoms with Gasteiger partial charge in [-0.3, -0.25) is 14.4 Å². The van der Waals surface area contributed by atoms with Crippen molar-refractivity contribution >= 4 is 29.5 Å². The molecule has 3 aromatic carbocycles. The Bertz CT molecular complexity index is 1400. The monoisotopic (exact) mass is 581 g/mol. The van der Waals surface area contributed by atoms with Crippen molar-refractivity contribution in [2.75, 3.05) is 5.88 Å². The van der Waals surface area contributed by atoms with Crippen molar-refractivity contribution in [3.8, 4) is 0 Å². The Balaban J connectivity index is 1.55. The van der Waals surface area contributed by atoms with Gasteiger partial charge in [-0.25, -0.2) is 8.78 Å². The maximum atomic E-state index is 13.8. The summed E-state index contributed by atoms with van der Waals surface area (Å²) < 4.78 is 26.9. The van der Waals surface area contributed by atoms with Crippen LogP contribution in [0.25, 0.3) is 0 Å². The number of hydrogen-bond donors (Lipinski definition) is 3. The van der Waals surface area contributed by atoms with E-state index in [9.17, 15) is 28.3 Å². The molecule has 1 aliphatic heterocycles. The van der Waals surface area contributed by atoms with Crippen LogP contribution >= 0.6 is 11.8 Å². The van der Waals surface area contributed by atoms with E-state index >= 15 is 0 Å². The summed E-state index contributed by atoms with van der Waals surface area (Å²) in [6.07, 6.45) is -1.68. The van der Waals surface area contributed by atoms with Gasteiger partial charge >= 0.3 is 0 Å². The molecule has 7 nitrogen and oxygen atoms in total. The first kappa shape index (κ1) is 30.2. The Morgan fingerprint density at radius 3 is 2.32 bits per heavy atom. The number of benzene rings is 3. The Kier molecular flexibility index (Phi) is 9.45. The number of amides is 3. The predicted molar refractivity (Wildman–Crippen MR) is 154 cm³/mol. The van der Waals surface area contributed by atoms with Gasteiger partial charge in [0.05, 0.1) is 11.9 Å². The van der Waals surface area contributed by atoms with Crippen molar-refractivity contribution in [3.05, 3.63) is 107 Å². The van der Waals surface area contributed by atoms with Crippen LogP contribution in [0, 0.1) is 18.6 Å².